The highest BCUT2D eigenvalue weighted by Crippen LogP contribution is 2.19. The lowest BCUT2D eigenvalue weighted by Gasteiger charge is -2.17. The normalized spacial score (nSPS) is 11.2. The quantitative estimate of drug-likeness (QED) is 0.698. The third-order valence-electron chi connectivity index (χ3n) is 3.37. The Bertz CT molecular complexity index is 882. The summed E-state index contributed by atoms with van der Waals surface area (Å²) in [7, 11) is -2.44. The molecule has 0 saturated heterocycles. The van der Waals surface area contributed by atoms with Crippen LogP contribution < -0.4 is 10.1 Å². The van der Waals surface area contributed by atoms with Crippen LogP contribution in [0.4, 0.5) is 5.69 Å². The number of hydrogen-bond donors (Lipinski definition) is 1. The van der Waals surface area contributed by atoms with E-state index < -0.39 is 15.9 Å². The van der Waals surface area contributed by atoms with Gasteiger partial charge in [-0.2, -0.15) is 4.31 Å². The lowest BCUT2D eigenvalue weighted by atomic mass is 10.3. The minimum Gasteiger partial charge on any atom is -0.489 e. The second-order valence-electron chi connectivity index (χ2n) is 5.39. The molecule has 2 aromatic carbocycles. The first-order valence-electron chi connectivity index (χ1n) is 7.68. The van der Waals surface area contributed by atoms with Crippen LogP contribution in [-0.4, -0.2) is 38.8 Å². The molecular weight excluding hydrogens is 376 g/mol. The third-order valence-corrected chi connectivity index (χ3v) is 5.44. The van der Waals surface area contributed by atoms with Gasteiger partial charge in [0.15, 0.2) is 0 Å². The van der Waals surface area contributed by atoms with E-state index in [9.17, 15) is 13.2 Å². The summed E-state index contributed by atoms with van der Waals surface area (Å²) in [5.41, 5.74) is 0.508. The molecular formula is C18H19ClN2O4S. The van der Waals surface area contributed by atoms with E-state index in [4.69, 9.17) is 16.3 Å². The Kier molecular flexibility index (Phi) is 6.79. The monoisotopic (exact) mass is 394 g/mol. The van der Waals surface area contributed by atoms with Crippen LogP contribution in [0.1, 0.15) is 0 Å². The summed E-state index contributed by atoms with van der Waals surface area (Å²) in [6, 6.07) is 12.6. The molecule has 2 rings (SSSR count). The van der Waals surface area contributed by atoms with Gasteiger partial charge in [-0.05, 0) is 36.4 Å². The van der Waals surface area contributed by atoms with E-state index >= 15 is 0 Å². The first-order chi connectivity index (χ1) is 12.3. The average molecular weight is 395 g/mol. The van der Waals surface area contributed by atoms with Gasteiger partial charge in [-0.25, -0.2) is 8.42 Å². The Morgan fingerprint density at radius 2 is 1.96 bits per heavy atom. The number of nitrogens with one attached hydrogen (secondary N) is 1. The molecule has 26 heavy (non-hydrogen) atoms. The smallest absolute Gasteiger partial charge is 0.243 e. The molecule has 0 aliphatic heterocycles. The van der Waals surface area contributed by atoms with Crippen LogP contribution in [0.15, 0.2) is 66.1 Å². The van der Waals surface area contributed by atoms with Gasteiger partial charge in [-0.1, -0.05) is 30.3 Å². The maximum Gasteiger partial charge on any atom is 0.243 e. The number of benzene rings is 2. The molecule has 0 saturated carbocycles. The van der Waals surface area contributed by atoms with E-state index in [2.05, 4.69) is 11.9 Å². The number of anilines is 1. The van der Waals surface area contributed by atoms with Crippen molar-refractivity contribution in [1.29, 1.82) is 0 Å². The lowest BCUT2D eigenvalue weighted by molar-refractivity contribution is -0.116. The standard InChI is InChI=1S/C18H19ClN2O4S/c1-3-11-25-16-6-4-5-15(12-16)20-18(22)13-21(2)26(23,24)17-9-7-14(19)8-10-17/h3-10,12H,1,11,13H2,2H3,(H,20,22). The molecule has 0 atom stereocenters. The van der Waals surface area contributed by atoms with Crippen LogP contribution in [0.25, 0.3) is 0 Å². The minimum atomic E-state index is -3.79. The van der Waals surface area contributed by atoms with Crippen LogP contribution in [0.5, 0.6) is 5.75 Å². The molecule has 1 amide bonds. The Morgan fingerprint density at radius 3 is 2.62 bits per heavy atom. The molecule has 138 valence electrons. The summed E-state index contributed by atoms with van der Waals surface area (Å²) in [6.45, 7) is 3.58. The van der Waals surface area contributed by atoms with Crippen LogP contribution in [0.2, 0.25) is 5.02 Å². The second kappa shape index (κ2) is 8.84. The molecule has 2 aromatic rings. The maximum absolute atomic E-state index is 12.5. The zero-order valence-electron chi connectivity index (χ0n) is 14.2. The van der Waals surface area contributed by atoms with Crippen molar-refractivity contribution >= 4 is 33.2 Å². The van der Waals surface area contributed by atoms with Crippen LogP contribution >= 0.6 is 11.6 Å². The van der Waals surface area contributed by atoms with Gasteiger partial charge in [0.05, 0.1) is 11.4 Å². The Labute approximate surface area is 158 Å². The van der Waals surface area contributed by atoms with Crippen molar-refractivity contribution in [2.24, 2.45) is 0 Å². The van der Waals surface area contributed by atoms with Gasteiger partial charge in [0.1, 0.15) is 12.4 Å². The van der Waals surface area contributed by atoms with Crippen molar-refractivity contribution in [1.82, 2.24) is 4.31 Å². The minimum absolute atomic E-state index is 0.0667. The SMILES string of the molecule is C=CCOc1cccc(NC(=O)CN(C)S(=O)(=O)c2ccc(Cl)cc2)c1. The zero-order valence-corrected chi connectivity index (χ0v) is 15.8. The van der Waals surface area contributed by atoms with E-state index in [0.29, 0.717) is 23.1 Å². The van der Waals surface area contributed by atoms with E-state index in [1.165, 1.54) is 31.3 Å². The van der Waals surface area contributed by atoms with Crippen molar-refractivity contribution < 1.29 is 17.9 Å². The number of likely N-dealkylation sites (N-methyl/N-ethyl adjacent to an activating group) is 1. The van der Waals surface area contributed by atoms with Crippen molar-refractivity contribution in [2.75, 3.05) is 25.5 Å². The number of hydrogen-bond acceptors (Lipinski definition) is 4. The van der Waals surface area contributed by atoms with Gasteiger partial charge in [-0.15, -0.1) is 0 Å². The Morgan fingerprint density at radius 1 is 1.27 bits per heavy atom. The number of amides is 1. The summed E-state index contributed by atoms with van der Waals surface area (Å²) in [5, 5.41) is 3.08. The van der Waals surface area contributed by atoms with Crippen LogP contribution in [0, 0.1) is 0 Å². The topological polar surface area (TPSA) is 75.7 Å². The van der Waals surface area contributed by atoms with E-state index in [0.717, 1.165) is 4.31 Å². The molecule has 0 radical (unpaired) electrons. The number of carbonyl (C=O) groups is 1. The molecule has 0 spiro atoms. The summed E-state index contributed by atoms with van der Waals surface area (Å²) >= 11 is 5.77. The highest BCUT2D eigenvalue weighted by atomic mass is 35.5. The summed E-state index contributed by atoms with van der Waals surface area (Å²) in [4.78, 5) is 12.3. The molecule has 0 aromatic heterocycles. The van der Waals surface area contributed by atoms with Crippen LogP contribution in [0.3, 0.4) is 0 Å². The zero-order chi connectivity index (χ0) is 19.2. The highest BCUT2D eigenvalue weighted by Gasteiger charge is 2.22. The number of halogens is 1. The molecule has 0 heterocycles. The van der Waals surface area contributed by atoms with E-state index in [-0.39, 0.29) is 11.4 Å². The highest BCUT2D eigenvalue weighted by molar-refractivity contribution is 7.89. The lowest BCUT2D eigenvalue weighted by Crippen LogP contribution is -2.34. The van der Waals surface area contributed by atoms with Crippen molar-refractivity contribution in [2.45, 2.75) is 4.90 Å². The fraction of sp³-hybridized carbons (Fsp3) is 0.167. The second-order valence-corrected chi connectivity index (χ2v) is 7.87. The molecule has 0 fully saturated rings. The molecule has 1 N–H and O–H groups in total. The van der Waals surface area contributed by atoms with Crippen molar-refractivity contribution in [3.05, 3.63) is 66.2 Å². The summed E-state index contributed by atoms with van der Waals surface area (Å²) in [6.07, 6.45) is 1.61. The molecule has 6 nitrogen and oxygen atoms in total. The molecule has 0 aliphatic carbocycles. The average Bonchev–Trinajstić information content (AvgIpc) is 2.60. The number of nitrogens with zero attached hydrogens (tertiary/aromatic N) is 1. The number of carbonyl (C=O) groups excluding carboxylic acids is 1. The Balaban J connectivity index is 2.02. The first kappa shape index (κ1) is 20.0. The molecule has 0 bridgehead atoms. The fourth-order valence-electron chi connectivity index (χ4n) is 2.09. The van der Waals surface area contributed by atoms with E-state index in [1.807, 2.05) is 0 Å². The maximum atomic E-state index is 12.5. The fourth-order valence-corrected chi connectivity index (χ4v) is 3.35. The van der Waals surface area contributed by atoms with Gasteiger partial charge >= 0.3 is 0 Å². The van der Waals surface area contributed by atoms with Gasteiger partial charge in [-0.3, -0.25) is 4.79 Å². The number of sulfonamides is 1. The first-order valence-corrected chi connectivity index (χ1v) is 9.50. The van der Waals surface area contributed by atoms with Crippen LogP contribution in [-0.2, 0) is 14.8 Å². The molecule has 0 aliphatic rings. The van der Waals surface area contributed by atoms with Gasteiger partial charge in [0, 0.05) is 23.8 Å². The number of rotatable bonds is 8. The predicted molar refractivity (Wildman–Crippen MR) is 102 cm³/mol. The van der Waals surface area contributed by atoms with Crippen molar-refractivity contribution in [3.8, 4) is 5.75 Å². The molecule has 8 heteroatoms. The van der Waals surface area contributed by atoms with Crippen molar-refractivity contribution in [3.63, 3.8) is 0 Å². The largest absolute Gasteiger partial charge is 0.489 e. The van der Waals surface area contributed by atoms with Gasteiger partial charge in [0.25, 0.3) is 0 Å². The molecule has 0 unspecified atom stereocenters. The third kappa shape index (κ3) is 5.32. The Hall–Kier alpha value is -2.35. The summed E-state index contributed by atoms with van der Waals surface area (Å²) < 4.78 is 31.3. The van der Waals surface area contributed by atoms with E-state index in [1.54, 1.807) is 30.3 Å². The number of ether oxygens (including phenoxy) is 1. The predicted octanol–water partition coefficient (Wildman–Crippen LogP) is 3.16. The summed E-state index contributed by atoms with van der Waals surface area (Å²) in [5.74, 6) is 0.107. The van der Waals surface area contributed by atoms with Gasteiger partial charge in [0.2, 0.25) is 15.9 Å². The van der Waals surface area contributed by atoms with Gasteiger partial charge < -0.3 is 10.1 Å².